The molecule has 0 atom stereocenters. The second-order valence-corrected chi connectivity index (χ2v) is 5.02. The number of hydrogen-bond acceptors (Lipinski definition) is 2. The Morgan fingerprint density at radius 3 is 2.24 bits per heavy atom. The maximum Gasteiger partial charge on any atom is 0.0367 e. The fourth-order valence-corrected chi connectivity index (χ4v) is 2.37. The van der Waals surface area contributed by atoms with Crippen molar-refractivity contribution in [3.8, 4) is 0 Å². The summed E-state index contributed by atoms with van der Waals surface area (Å²) < 4.78 is 0. The van der Waals surface area contributed by atoms with E-state index in [0.29, 0.717) is 0 Å². The van der Waals surface area contributed by atoms with Crippen molar-refractivity contribution in [1.29, 1.82) is 0 Å². The second kappa shape index (κ2) is 6.06. The highest BCUT2D eigenvalue weighted by molar-refractivity contribution is 5.47. The van der Waals surface area contributed by atoms with Crippen LogP contribution in [0.5, 0.6) is 0 Å². The average molecular weight is 232 g/mol. The van der Waals surface area contributed by atoms with Crippen LogP contribution in [0.4, 0.5) is 5.69 Å². The first-order chi connectivity index (χ1) is 8.29. The molecule has 2 rings (SSSR count). The van der Waals surface area contributed by atoms with E-state index in [1.807, 2.05) is 0 Å². The number of anilines is 1. The van der Waals surface area contributed by atoms with Gasteiger partial charge in [-0.2, -0.15) is 0 Å². The molecule has 0 spiro atoms. The number of nitrogens with zero attached hydrogens (tertiary/aromatic N) is 2. The van der Waals surface area contributed by atoms with Gasteiger partial charge < -0.3 is 4.90 Å². The van der Waals surface area contributed by atoms with Gasteiger partial charge in [-0.15, -0.1) is 0 Å². The van der Waals surface area contributed by atoms with Crippen molar-refractivity contribution >= 4 is 5.69 Å². The minimum Gasteiger partial charge on any atom is -0.369 e. The Bertz CT molecular complexity index is 323. The third-order valence-corrected chi connectivity index (χ3v) is 3.60. The number of piperazine rings is 1. The topological polar surface area (TPSA) is 6.48 Å². The summed E-state index contributed by atoms with van der Waals surface area (Å²) in [5.41, 5.74) is 2.72. The van der Waals surface area contributed by atoms with Crippen molar-refractivity contribution < 1.29 is 0 Å². The Hall–Kier alpha value is -1.02. The molecule has 1 aliphatic heterocycles. The molecule has 1 aromatic rings. The van der Waals surface area contributed by atoms with E-state index in [2.05, 4.69) is 47.9 Å². The Kier molecular flexibility index (Phi) is 4.43. The van der Waals surface area contributed by atoms with Crippen LogP contribution in [-0.2, 0) is 0 Å². The van der Waals surface area contributed by atoms with Gasteiger partial charge in [-0.25, -0.2) is 0 Å². The molecule has 2 heteroatoms. The number of hydrogen-bond donors (Lipinski definition) is 0. The van der Waals surface area contributed by atoms with Gasteiger partial charge in [-0.1, -0.05) is 31.0 Å². The predicted octanol–water partition coefficient (Wildman–Crippen LogP) is 2.92. The van der Waals surface area contributed by atoms with Gasteiger partial charge in [0.2, 0.25) is 0 Å². The first-order valence-electron chi connectivity index (χ1n) is 6.83. The second-order valence-electron chi connectivity index (χ2n) is 5.02. The lowest BCUT2D eigenvalue weighted by molar-refractivity contribution is 0.254. The molecule has 1 aliphatic rings. The normalized spacial score (nSPS) is 17.4. The summed E-state index contributed by atoms with van der Waals surface area (Å²) in [4.78, 5) is 5.09. The molecule has 1 heterocycles. The number of aryl methyl sites for hydroxylation is 1. The van der Waals surface area contributed by atoms with Gasteiger partial charge in [0.05, 0.1) is 0 Å². The van der Waals surface area contributed by atoms with Crippen LogP contribution in [0.3, 0.4) is 0 Å². The molecule has 0 unspecified atom stereocenters. The summed E-state index contributed by atoms with van der Waals surface area (Å²) in [7, 11) is 0. The lowest BCUT2D eigenvalue weighted by atomic mass is 10.2. The first-order valence-corrected chi connectivity index (χ1v) is 6.83. The van der Waals surface area contributed by atoms with Gasteiger partial charge >= 0.3 is 0 Å². The van der Waals surface area contributed by atoms with Crippen LogP contribution in [0, 0.1) is 6.92 Å². The van der Waals surface area contributed by atoms with E-state index < -0.39 is 0 Å². The van der Waals surface area contributed by atoms with Crippen LogP contribution in [0.15, 0.2) is 24.3 Å². The molecule has 94 valence electrons. The minimum absolute atomic E-state index is 1.17. The standard InChI is InChI=1S/C15H24N2/c1-3-4-9-16-10-12-17(13-11-16)15-7-5-14(2)6-8-15/h5-8H,3-4,9-13H2,1-2H3. The summed E-state index contributed by atoms with van der Waals surface area (Å²) in [6, 6.07) is 8.91. The van der Waals surface area contributed by atoms with E-state index in [4.69, 9.17) is 0 Å². The molecular weight excluding hydrogens is 208 g/mol. The van der Waals surface area contributed by atoms with Gasteiger partial charge in [-0.05, 0) is 32.0 Å². The van der Waals surface area contributed by atoms with Crippen molar-refractivity contribution in [2.24, 2.45) is 0 Å². The third-order valence-electron chi connectivity index (χ3n) is 3.60. The molecule has 0 aliphatic carbocycles. The molecule has 2 nitrogen and oxygen atoms in total. The van der Waals surface area contributed by atoms with E-state index in [9.17, 15) is 0 Å². The highest BCUT2D eigenvalue weighted by atomic mass is 15.3. The molecule has 17 heavy (non-hydrogen) atoms. The largest absolute Gasteiger partial charge is 0.369 e. The zero-order valence-corrected chi connectivity index (χ0v) is 11.2. The molecule has 1 fully saturated rings. The highest BCUT2D eigenvalue weighted by Crippen LogP contribution is 2.17. The van der Waals surface area contributed by atoms with Crippen molar-refractivity contribution in [2.45, 2.75) is 26.7 Å². The maximum absolute atomic E-state index is 2.59. The summed E-state index contributed by atoms with van der Waals surface area (Å²) >= 11 is 0. The van der Waals surface area contributed by atoms with Gasteiger partial charge in [0, 0.05) is 31.9 Å². The first kappa shape index (κ1) is 12.4. The summed E-state index contributed by atoms with van der Waals surface area (Å²) in [6.45, 7) is 10.5. The van der Waals surface area contributed by atoms with Crippen molar-refractivity contribution in [3.63, 3.8) is 0 Å². The molecule has 0 N–H and O–H groups in total. The molecular formula is C15H24N2. The molecule has 0 radical (unpaired) electrons. The lowest BCUT2D eigenvalue weighted by Gasteiger charge is -2.36. The van der Waals surface area contributed by atoms with Crippen molar-refractivity contribution in [3.05, 3.63) is 29.8 Å². The van der Waals surface area contributed by atoms with E-state index in [0.717, 1.165) is 0 Å². The van der Waals surface area contributed by atoms with E-state index in [-0.39, 0.29) is 0 Å². The number of benzene rings is 1. The Morgan fingerprint density at radius 1 is 1.00 bits per heavy atom. The minimum atomic E-state index is 1.17. The van der Waals surface area contributed by atoms with Crippen molar-refractivity contribution in [1.82, 2.24) is 4.90 Å². The van der Waals surface area contributed by atoms with Crippen LogP contribution in [0.2, 0.25) is 0 Å². The average Bonchev–Trinajstić information content (AvgIpc) is 2.38. The summed E-state index contributed by atoms with van der Waals surface area (Å²) in [6.07, 6.45) is 2.64. The Labute approximate surface area is 105 Å². The van der Waals surface area contributed by atoms with E-state index in [1.165, 1.54) is 56.8 Å². The van der Waals surface area contributed by atoms with Crippen molar-refractivity contribution in [2.75, 3.05) is 37.6 Å². The van der Waals surface area contributed by atoms with Crippen LogP contribution in [0.25, 0.3) is 0 Å². The molecule has 1 saturated heterocycles. The summed E-state index contributed by atoms with van der Waals surface area (Å²) in [5.74, 6) is 0. The molecule has 0 amide bonds. The van der Waals surface area contributed by atoms with Gasteiger partial charge in [0.1, 0.15) is 0 Å². The molecule has 0 bridgehead atoms. The SMILES string of the molecule is CCCCN1CCN(c2ccc(C)cc2)CC1. The quantitative estimate of drug-likeness (QED) is 0.787. The number of unbranched alkanes of at least 4 members (excludes halogenated alkanes) is 1. The zero-order valence-electron chi connectivity index (χ0n) is 11.2. The van der Waals surface area contributed by atoms with Crippen LogP contribution < -0.4 is 4.90 Å². The fourth-order valence-electron chi connectivity index (χ4n) is 2.37. The van der Waals surface area contributed by atoms with Crippen LogP contribution >= 0.6 is 0 Å². The molecule has 0 saturated carbocycles. The zero-order chi connectivity index (χ0) is 12.1. The van der Waals surface area contributed by atoms with Gasteiger partial charge in [0.15, 0.2) is 0 Å². The monoisotopic (exact) mass is 232 g/mol. The van der Waals surface area contributed by atoms with Crippen LogP contribution in [-0.4, -0.2) is 37.6 Å². The smallest absolute Gasteiger partial charge is 0.0367 e. The Balaban J connectivity index is 1.84. The van der Waals surface area contributed by atoms with E-state index in [1.54, 1.807) is 0 Å². The fraction of sp³-hybridized carbons (Fsp3) is 0.600. The van der Waals surface area contributed by atoms with Gasteiger partial charge in [0.25, 0.3) is 0 Å². The van der Waals surface area contributed by atoms with E-state index >= 15 is 0 Å². The van der Waals surface area contributed by atoms with Gasteiger partial charge in [-0.3, -0.25) is 4.90 Å². The third kappa shape index (κ3) is 3.47. The highest BCUT2D eigenvalue weighted by Gasteiger charge is 2.16. The molecule has 0 aromatic heterocycles. The lowest BCUT2D eigenvalue weighted by Crippen LogP contribution is -2.46. The summed E-state index contributed by atoms with van der Waals surface area (Å²) in [5, 5.41) is 0. The maximum atomic E-state index is 2.59. The molecule has 1 aromatic carbocycles. The Morgan fingerprint density at radius 2 is 1.65 bits per heavy atom. The number of rotatable bonds is 4. The predicted molar refractivity (Wildman–Crippen MR) is 74.7 cm³/mol. The van der Waals surface area contributed by atoms with Crippen LogP contribution in [0.1, 0.15) is 25.3 Å².